The second-order valence-corrected chi connectivity index (χ2v) is 4.21. The van der Waals surface area contributed by atoms with Gasteiger partial charge in [0.05, 0.1) is 6.61 Å². The maximum atomic E-state index is 12.7. The molecule has 0 radical (unpaired) electrons. The molecular weight excluding hydrogens is 241 g/mol. The van der Waals surface area contributed by atoms with Crippen molar-refractivity contribution in [3.05, 3.63) is 21.9 Å². The topological polar surface area (TPSA) is 26.3 Å². The van der Waals surface area contributed by atoms with Crippen molar-refractivity contribution in [3.8, 4) is 0 Å². The number of hydrogen-bond acceptors (Lipinski definition) is 3. The zero-order valence-electron chi connectivity index (χ0n) is 8.58. The number of rotatable bonds is 5. The first-order chi connectivity index (χ1) is 7.54. The van der Waals surface area contributed by atoms with E-state index in [0.29, 0.717) is 9.75 Å². The second kappa shape index (κ2) is 5.89. The van der Waals surface area contributed by atoms with Crippen LogP contribution in [0.3, 0.4) is 0 Å². The largest absolute Gasteiger partial charge is 0.462 e. The molecule has 1 rings (SSSR count). The molecule has 90 valence electrons. The lowest BCUT2D eigenvalue weighted by molar-refractivity contribution is 0.0507. The molecule has 0 saturated heterocycles. The van der Waals surface area contributed by atoms with Gasteiger partial charge in [-0.05, 0) is 19.1 Å². The number of ether oxygens (including phenoxy) is 1. The van der Waals surface area contributed by atoms with E-state index in [-0.39, 0.29) is 13.0 Å². The van der Waals surface area contributed by atoms with Crippen molar-refractivity contribution in [2.24, 2.45) is 0 Å². The molecule has 1 atom stereocenters. The monoisotopic (exact) mass is 252 g/mol. The first-order valence-electron chi connectivity index (χ1n) is 4.72. The predicted octanol–water partition coefficient (Wildman–Crippen LogP) is 3.07. The Kier molecular flexibility index (Phi) is 4.79. The Hall–Kier alpha value is -1.04. The van der Waals surface area contributed by atoms with Crippen LogP contribution in [0.15, 0.2) is 12.1 Å². The van der Waals surface area contributed by atoms with Crippen LogP contribution in [0.2, 0.25) is 0 Å². The van der Waals surface area contributed by atoms with E-state index < -0.39 is 18.6 Å². The zero-order valence-corrected chi connectivity index (χ0v) is 9.40. The molecule has 0 aliphatic heterocycles. The average Bonchev–Trinajstić information content (AvgIpc) is 2.66. The van der Waals surface area contributed by atoms with Gasteiger partial charge in [0.2, 0.25) is 0 Å². The van der Waals surface area contributed by atoms with E-state index in [1.54, 1.807) is 6.92 Å². The zero-order chi connectivity index (χ0) is 12.1. The molecule has 0 fully saturated rings. The third-order valence-electron chi connectivity index (χ3n) is 1.81. The van der Waals surface area contributed by atoms with E-state index in [0.717, 1.165) is 11.3 Å². The van der Waals surface area contributed by atoms with Gasteiger partial charge in [-0.3, -0.25) is 0 Å². The third-order valence-corrected chi connectivity index (χ3v) is 2.90. The van der Waals surface area contributed by atoms with E-state index in [2.05, 4.69) is 0 Å². The number of hydrogen-bond donors (Lipinski definition) is 0. The number of carbonyl (C=O) groups excluding carboxylic acids is 1. The van der Waals surface area contributed by atoms with Gasteiger partial charge >= 0.3 is 5.97 Å². The summed E-state index contributed by atoms with van der Waals surface area (Å²) in [6.45, 7) is 1.91. The van der Waals surface area contributed by atoms with Crippen LogP contribution in [-0.4, -0.2) is 25.2 Å². The Morgan fingerprint density at radius 2 is 2.12 bits per heavy atom. The molecule has 1 heterocycles. The molecular formula is C10H11F3O2S. The Balaban J connectivity index is 2.61. The Morgan fingerprint density at radius 1 is 1.44 bits per heavy atom. The van der Waals surface area contributed by atoms with Gasteiger partial charge in [-0.25, -0.2) is 18.0 Å². The van der Waals surface area contributed by atoms with Gasteiger partial charge < -0.3 is 4.74 Å². The van der Waals surface area contributed by atoms with E-state index >= 15 is 0 Å². The summed E-state index contributed by atoms with van der Waals surface area (Å²) in [6, 6.07) is 2.92. The molecule has 0 aliphatic rings. The van der Waals surface area contributed by atoms with E-state index in [9.17, 15) is 18.0 Å². The molecule has 1 aromatic rings. The lowest BCUT2D eigenvalue weighted by Crippen LogP contribution is -2.14. The van der Waals surface area contributed by atoms with Gasteiger partial charge in [-0.15, -0.1) is 11.3 Å². The molecule has 0 saturated carbocycles. The lowest BCUT2D eigenvalue weighted by Gasteiger charge is -2.03. The summed E-state index contributed by atoms with van der Waals surface area (Å²) < 4.78 is 41.3. The number of esters is 1. The van der Waals surface area contributed by atoms with Crippen molar-refractivity contribution in [2.75, 3.05) is 6.61 Å². The van der Waals surface area contributed by atoms with E-state index in [1.165, 1.54) is 12.1 Å². The van der Waals surface area contributed by atoms with Gasteiger partial charge in [0.15, 0.2) is 6.17 Å². The Morgan fingerprint density at radius 3 is 2.69 bits per heavy atom. The van der Waals surface area contributed by atoms with Crippen molar-refractivity contribution in [2.45, 2.75) is 25.9 Å². The normalized spacial score (nSPS) is 12.8. The fourth-order valence-electron chi connectivity index (χ4n) is 1.08. The third kappa shape index (κ3) is 3.52. The number of alkyl halides is 3. The van der Waals surface area contributed by atoms with Crippen LogP contribution in [0.25, 0.3) is 0 Å². The molecule has 1 unspecified atom stereocenters. The number of halogens is 3. The van der Waals surface area contributed by atoms with Crippen LogP contribution in [-0.2, 0) is 11.2 Å². The number of thiophene rings is 1. The molecule has 2 nitrogen and oxygen atoms in total. The van der Waals surface area contributed by atoms with Crippen LogP contribution < -0.4 is 0 Å². The second-order valence-electron chi connectivity index (χ2n) is 3.04. The molecule has 0 aliphatic carbocycles. The fraction of sp³-hybridized carbons (Fsp3) is 0.500. The summed E-state index contributed by atoms with van der Waals surface area (Å²) >= 11 is 0.979. The molecule has 1 aromatic heterocycles. The average molecular weight is 252 g/mol. The predicted molar refractivity (Wildman–Crippen MR) is 54.9 cm³/mol. The summed E-state index contributed by atoms with van der Waals surface area (Å²) in [5, 5.41) is 0. The standard InChI is InChI=1S/C10H11F3O2S/c1-2-15-10(14)8-4-3-6(16-8)5-7(11)9(12)13/h3-4,7,9H,2,5H2,1H3. The summed E-state index contributed by atoms with van der Waals surface area (Å²) in [4.78, 5) is 11.9. The van der Waals surface area contributed by atoms with E-state index in [1.807, 2.05) is 0 Å². The number of carbonyl (C=O) groups is 1. The minimum absolute atomic E-state index is 0.245. The summed E-state index contributed by atoms with van der Waals surface area (Å²) in [5.74, 6) is -0.508. The van der Waals surface area contributed by atoms with Crippen molar-refractivity contribution in [1.82, 2.24) is 0 Å². The molecule has 0 N–H and O–H groups in total. The summed E-state index contributed by atoms with van der Waals surface area (Å²) in [7, 11) is 0. The quantitative estimate of drug-likeness (QED) is 0.753. The molecule has 0 bridgehead atoms. The molecule has 0 aromatic carbocycles. The van der Waals surface area contributed by atoms with Crippen LogP contribution in [0.4, 0.5) is 13.2 Å². The van der Waals surface area contributed by atoms with Gasteiger partial charge in [0.1, 0.15) is 4.88 Å². The van der Waals surface area contributed by atoms with Crippen molar-refractivity contribution in [1.29, 1.82) is 0 Å². The van der Waals surface area contributed by atoms with Crippen molar-refractivity contribution in [3.63, 3.8) is 0 Å². The van der Waals surface area contributed by atoms with E-state index in [4.69, 9.17) is 4.74 Å². The molecule has 0 amide bonds. The highest BCUT2D eigenvalue weighted by Gasteiger charge is 2.21. The highest BCUT2D eigenvalue weighted by molar-refractivity contribution is 7.13. The van der Waals surface area contributed by atoms with Gasteiger partial charge in [-0.1, -0.05) is 0 Å². The van der Waals surface area contributed by atoms with Crippen molar-refractivity contribution >= 4 is 17.3 Å². The van der Waals surface area contributed by atoms with Crippen molar-refractivity contribution < 1.29 is 22.7 Å². The van der Waals surface area contributed by atoms with Crippen LogP contribution in [0.5, 0.6) is 0 Å². The fourth-order valence-corrected chi connectivity index (χ4v) is 2.02. The Bertz CT molecular complexity index is 352. The van der Waals surface area contributed by atoms with Crippen LogP contribution in [0.1, 0.15) is 21.5 Å². The van der Waals surface area contributed by atoms with Crippen LogP contribution >= 0.6 is 11.3 Å². The molecule has 6 heteroatoms. The SMILES string of the molecule is CCOC(=O)c1ccc(CC(F)C(F)F)s1. The first kappa shape index (κ1) is 13.0. The minimum atomic E-state index is -2.99. The minimum Gasteiger partial charge on any atom is -0.462 e. The summed E-state index contributed by atoms with van der Waals surface area (Å²) in [6.07, 6.45) is -5.55. The first-order valence-corrected chi connectivity index (χ1v) is 5.54. The van der Waals surface area contributed by atoms with Gasteiger partial charge in [0, 0.05) is 11.3 Å². The Labute approximate surface area is 95.0 Å². The maximum Gasteiger partial charge on any atom is 0.348 e. The molecule has 16 heavy (non-hydrogen) atoms. The highest BCUT2D eigenvalue weighted by atomic mass is 32.1. The lowest BCUT2D eigenvalue weighted by atomic mass is 10.2. The smallest absolute Gasteiger partial charge is 0.348 e. The summed E-state index contributed by atoms with van der Waals surface area (Å²) in [5.41, 5.74) is 0. The van der Waals surface area contributed by atoms with Gasteiger partial charge in [-0.2, -0.15) is 0 Å². The van der Waals surface area contributed by atoms with Gasteiger partial charge in [0.25, 0.3) is 6.43 Å². The molecule has 0 spiro atoms. The highest BCUT2D eigenvalue weighted by Crippen LogP contribution is 2.21. The maximum absolute atomic E-state index is 12.7. The van der Waals surface area contributed by atoms with Crippen LogP contribution in [0, 0.1) is 0 Å².